The van der Waals surface area contributed by atoms with Gasteiger partial charge >= 0.3 is 0 Å². The second-order valence-electron chi connectivity index (χ2n) is 4.64. The number of nitro groups is 1. The number of nitrogens with two attached hydrogens (primary N) is 1. The van der Waals surface area contributed by atoms with Gasteiger partial charge in [0, 0.05) is 13.1 Å². The van der Waals surface area contributed by atoms with Gasteiger partial charge in [-0.25, -0.2) is 10.8 Å². The van der Waals surface area contributed by atoms with Crippen LogP contribution in [0, 0.1) is 16.0 Å². The predicted octanol–water partition coefficient (Wildman–Crippen LogP) is 1.51. The average molecular weight is 251 g/mol. The summed E-state index contributed by atoms with van der Waals surface area (Å²) in [6.45, 7) is 3.96. The highest BCUT2D eigenvalue weighted by Gasteiger charge is 2.20. The molecule has 2 rings (SSSR count). The van der Waals surface area contributed by atoms with Crippen LogP contribution in [-0.4, -0.2) is 23.0 Å². The zero-order valence-corrected chi connectivity index (χ0v) is 10.3. The van der Waals surface area contributed by atoms with Crippen molar-refractivity contribution < 1.29 is 4.92 Å². The van der Waals surface area contributed by atoms with Gasteiger partial charge in [-0.1, -0.05) is 6.92 Å². The molecule has 7 nitrogen and oxygen atoms in total. The Morgan fingerprint density at radius 3 is 2.72 bits per heavy atom. The summed E-state index contributed by atoms with van der Waals surface area (Å²) in [7, 11) is 0. The van der Waals surface area contributed by atoms with E-state index in [1.54, 1.807) is 0 Å². The van der Waals surface area contributed by atoms with Gasteiger partial charge in [0.1, 0.15) is 11.6 Å². The minimum Gasteiger partial charge on any atom is -0.356 e. The molecule has 7 heteroatoms. The number of aromatic nitrogens is 1. The molecular weight excluding hydrogens is 234 g/mol. The summed E-state index contributed by atoms with van der Waals surface area (Å²) < 4.78 is 0. The molecule has 0 aliphatic carbocycles. The SMILES string of the molecule is CC1CCN(c2cc([N+](=O)[O-])cc(NN)n2)CC1. The highest BCUT2D eigenvalue weighted by atomic mass is 16.6. The normalized spacial score (nSPS) is 16.7. The van der Waals surface area contributed by atoms with Gasteiger partial charge < -0.3 is 10.3 Å². The van der Waals surface area contributed by atoms with E-state index in [0.717, 1.165) is 25.9 Å². The Kier molecular flexibility index (Phi) is 3.61. The van der Waals surface area contributed by atoms with Crippen LogP contribution in [0.25, 0.3) is 0 Å². The van der Waals surface area contributed by atoms with Gasteiger partial charge in [0.25, 0.3) is 5.69 Å². The maximum absolute atomic E-state index is 10.8. The third-order valence-corrected chi connectivity index (χ3v) is 3.26. The van der Waals surface area contributed by atoms with Gasteiger partial charge in [-0.2, -0.15) is 0 Å². The number of rotatable bonds is 3. The van der Waals surface area contributed by atoms with Crippen LogP contribution >= 0.6 is 0 Å². The summed E-state index contributed by atoms with van der Waals surface area (Å²) in [4.78, 5) is 16.7. The van der Waals surface area contributed by atoms with Crippen LogP contribution < -0.4 is 16.2 Å². The smallest absolute Gasteiger partial charge is 0.276 e. The maximum Gasteiger partial charge on any atom is 0.276 e. The molecule has 0 bridgehead atoms. The van der Waals surface area contributed by atoms with E-state index in [1.807, 2.05) is 0 Å². The molecule has 1 aliphatic rings. The summed E-state index contributed by atoms with van der Waals surface area (Å²) in [5.74, 6) is 6.92. The molecule has 1 aromatic heterocycles. The van der Waals surface area contributed by atoms with E-state index < -0.39 is 4.92 Å². The third kappa shape index (κ3) is 2.67. The summed E-state index contributed by atoms with van der Waals surface area (Å²) in [6, 6.07) is 2.83. The molecule has 1 fully saturated rings. The first kappa shape index (κ1) is 12.6. The van der Waals surface area contributed by atoms with Crippen LogP contribution in [0.1, 0.15) is 19.8 Å². The number of hydrogen-bond acceptors (Lipinski definition) is 6. The topological polar surface area (TPSA) is 97.3 Å². The van der Waals surface area contributed by atoms with E-state index in [-0.39, 0.29) is 5.69 Å². The largest absolute Gasteiger partial charge is 0.356 e. The molecule has 1 aliphatic heterocycles. The summed E-state index contributed by atoms with van der Waals surface area (Å²) >= 11 is 0. The number of pyridine rings is 1. The number of piperidine rings is 1. The molecule has 0 saturated carbocycles. The fourth-order valence-electron chi connectivity index (χ4n) is 2.08. The Labute approximate surface area is 105 Å². The fourth-order valence-corrected chi connectivity index (χ4v) is 2.08. The van der Waals surface area contributed by atoms with Gasteiger partial charge in [-0.3, -0.25) is 10.1 Å². The first-order valence-corrected chi connectivity index (χ1v) is 5.98. The number of hydrogen-bond donors (Lipinski definition) is 2. The Bertz CT molecular complexity index is 443. The molecule has 0 radical (unpaired) electrons. The lowest BCUT2D eigenvalue weighted by atomic mass is 9.99. The second-order valence-corrected chi connectivity index (χ2v) is 4.64. The molecule has 1 saturated heterocycles. The third-order valence-electron chi connectivity index (χ3n) is 3.26. The zero-order valence-electron chi connectivity index (χ0n) is 10.3. The molecule has 1 aromatic rings. The first-order chi connectivity index (χ1) is 8.60. The van der Waals surface area contributed by atoms with E-state index in [4.69, 9.17) is 5.84 Å². The quantitative estimate of drug-likeness (QED) is 0.480. The lowest BCUT2D eigenvalue weighted by Crippen LogP contribution is -2.33. The van der Waals surface area contributed by atoms with Crippen LogP contribution in [0.2, 0.25) is 0 Å². The summed E-state index contributed by atoms with van der Waals surface area (Å²) in [6.07, 6.45) is 2.16. The maximum atomic E-state index is 10.8. The van der Waals surface area contributed by atoms with Crippen molar-refractivity contribution in [2.45, 2.75) is 19.8 Å². The van der Waals surface area contributed by atoms with E-state index in [1.165, 1.54) is 12.1 Å². The van der Waals surface area contributed by atoms with Gasteiger partial charge in [0.2, 0.25) is 0 Å². The van der Waals surface area contributed by atoms with Crippen LogP contribution in [0.15, 0.2) is 12.1 Å². The Morgan fingerprint density at radius 1 is 1.50 bits per heavy atom. The minimum absolute atomic E-state index is 0.00609. The number of nitrogen functional groups attached to an aromatic ring is 1. The lowest BCUT2D eigenvalue weighted by Gasteiger charge is -2.31. The minimum atomic E-state index is -0.432. The van der Waals surface area contributed by atoms with Crippen molar-refractivity contribution in [1.29, 1.82) is 0 Å². The predicted molar refractivity (Wildman–Crippen MR) is 69.3 cm³/mol. The molecule has 18 heavy (non-hydrogen) atoms. The molecule has 0 unspecified atom stereocenters. The highest BCUT2D eigenvalue weighted by molar-refractivity contribution is 5.55. The second kappa shape index (κ2) is 5.18. The van der Waals surface area contributed by atoms with Crippen LogP contribution in [-0.2, 0) is 0 Å². The fraction of sp³-hybridized carbons (Fsp3) is 0.545. The number of nitrogens with one attached hydrogen (secondary N) is 1. The van der Waals surface area contributed by atoms with E-state index in [0.29, 0.717) is 17.6 Å². The molecule has 3 N–H and O–H groups in total. The van der Waals surface area contributed by atoms with Gasteiger partial charge in [-0.05, 0) is 18.8 Å². The molecule has 0 atom stereocenters. The van der Waals surface area contributed by atoms with Crippen molar-refractivity contribution in [3.63, 3.8) is 0 Å². The molecule has 0 amide bonds. The Hall–Kier alpha value is -1.89. The van der Waals surface area contributed by atoms with Crippen molar-refractivity contribution in [2.24, 2.45) is 11.8 Å². The summed E-state index contributed by atoms with van der Waals surface area (Å²) in [5.41, 5.74) is 2.37. The van der Waals surface area contributed by atoms with Crippen molar-refractivity contribution in [3.05, 3.63) is 22.2 Å². The van der Waals surface area contributed by atoms with Crippen molar-refractivity contribution in [3.8, 4) is 0 Å². The molecule has 0 aromatic carbocycles. The number of nitrogens with zero attached hydrogens (tertiary/aromatic N) is 3. The molecule has 0 spiro atoms. The number of hydrazine groups is 1. The Morgan fingerprint density at radius 2 is 2.17 bits per heavy atom. The van der Waals surface area contributed by atoms with Crippen LogP contribution in [0.4, 0.5) is 17.3 Å². The highest BCUT2D eigenvalue weighted by Crippen LogP contribution is 2.26. The van der Waals surface area contributed by atoms with E-state index >= 15 is 0 Å². The van der Waals surface area contributed by atoms with E-state index in [9.17, 15) is 10.1 Å². The van der Waals surface area contributed by atoms with Crippen LogP contribution in [0.5, 0.6) is 0 Å². The Balaban J connectivity index is 2.26. The van der Waals surface area contributed by atoms with Gasteiger partial charge in [-0.15, -0.1) is 0 Å². The van der Waals surface area contributed by atoms with Gasteiger partial charge in [0.05, 0.1) is 17.1 Å². The monoisotopic (exact) mass is 251 g/mol. The van der Waals surface area contributed by atoms with Crippen molar-refractivity contribution in [2.75, 3.05) is 23.4 Å². The van der Waals surface area contributed by atoms with E-state index in [2.05, 4.69) is 22.2 Å². The van der Waals surface area contributed by atoms with Crippen molar-refractivity contribution in [1.82, 2.24) is 4.98 Å². The van der Waals surface area contributed by atoms with Gasteiger partial charge in [0.15, 0.2) is 0 Å². The van der Waals surface area contributed by atoms with Crippen molar-refractivity contribution >= 4 is 17.3 Å². The molecule has 2 heterocycles. The zero-order chi connectivity index (χ0) is 13.1. The lowest BCUT2D eigenvalue weighted by molar-refractivity contribution is -0.384. The number of anilines is 2. The van der Waals surface area contributed by atoms with Crippen LogP contribution in [0.3, 0.4) is 0 Å². The first-order valence-electron chi connectivity index (χ1n) is 5.98. The summed E-state index contributed by atoms with van der Waals surface area (Å²) in [5, 5.41) is 10.8. The molecular formula is C11H17N5O2. The standard InChI is InChI=1S/C11H17N5O2/c1-8-2-4-15(5-3-8)11-7-9(16(17)18)6-10(13-11)14-12/h6-8H,2-5,12H2,1H3,(H,13,14). The average Bonchev–Trinajstić information content (AvgIpc) is 2.39. The molecule has 98 valence electrons.